The maximum Gasteiger partial charge on any atom is 0.256 e. The van der Waals surface area contributed by atoms with Gasteiger partial charge in [-0.25, -0.2) is 0 Å². The average Bonchev–Trinajstić information content (AvgIpc) is 2.97. The number of hydrogen-bond donors (Lipinski definition) is 2. The number of nitrogens with zero attached hydrogens (tertiary/aromatic N) is 2. The number of aromatic nitrogens is 1. The molecule has 1 unspecified atom stereocenters. The van der Waals surface area contributed by atoms with Crippen LogP contribution < -0.4 is 5.73 Å². The third-order valence-electron chi connectivity index (χ3n) is 3.30. The summed E-state index contributed by atoms with van der Waals surface area (Å²) in [6.07, 6.45) is 4.74. The second-order valence-electron chi connectivity index (χ2n) is 4.80. The third-order valence-corrected chi connectivity index (χ3v) is 3.30. The first-order chi connectivity index (χ1) is 10.1. The summed E-state index contributed by atoms with van der Waals surface area (Å²) in [4.78, 5) is 29.3. The molecular weight excluding hydrogens is 270 g/mol. The summed E-state index contributed by atoms with van der Waals surface area (Å²) in [7, 11) is 0. The van der Waals surface area contributed by atoms with E-state index in [4.69, 9.17) is 10.8 Å². The van der Waals surface area contributed by atoms with Crippen molar-refractivity contribution in [1.29, 1.82) is 0 Å². The second-order valence-corrected chi connectivity index (χ2v) is 4.80. The topological polar surface area (TPSA) is 96.5 Å². The summed E-state index contributed by atoms with van der Waals surface area (Å²) in [5.74, 6) is 4.87. The number of hydrogen-bond acceptors (Lipinski definition) is 4. The summed E-state index contributed by atoms with van der Waals surface area (Å²) in [5, 5.41) is 8.69. The van der Waals surface area contributed by atoms with E-state index >= 15 is 0 Å². The molecule has 0 saturated carbocycles. The highest BCUT2D eigenvalue weighted by Gasteiger charge is 2.33. The fraction of sp³-hybridized carbons (Fsp3) is 0.400. The Morgan fingerprint density at radius 3 is 3.00 bits per heavy atom. The van der Waals surface area contributed by atoms with Crippen LogP contribution in [0.2, 0.25) is 0 Å². The van der Waals surface area contributed by atoms with Gasteiger partial charge >= 0.3 is 0 Å². The lowest BCUT2D eigenvalue weighted by Crippen LogP contribution is -2.43. The zero-order valence-electron chi connectivity index (χ0n) is 11.6. The van der Waals surface area contributed by atoms with Gasteiger partial charge in [0.15, 0.2) is 0 Å². The molecule has 3 N–H and O–H groups in total. The Hall–Kier alpha value is -2.39. The normalized spacial score (nSPS) is 17.2. The first-order valence-corrected chi connectivity index (χ1v) is 6.78. The SMILES string of the molecule is NC(=O)C1CCCN1C(=O)c1cncc(C#CCCO)c1. The lowest BCUT2D eigenvalue weighted by molar-refractivity contribution is -0.121. The molecule has 2 rings (SSSR count). The number of carbonyl (C=O) groups is 2. The van der Waals surface area contributed by atoms with Crippen LogP contribution in [0.3, 0.4) is 0 Å². The zero-order valence-corrected chi connectivity index (χ0v) is 11.6. The third kappa shape index (κ3) is 3.58. The summed E-state index contributed by atoms with van der Waals surface area (Å²) in [6.45, 7) is 0.514. The molecule has 0 radical (unpaired) electrons. The molecule has 0 aliphatic carbocycles. The maximum atomic E-state index is 12.4. The molecule has 0 spiro atoms. The second kappa shape index (κ2) is 6.86. The van der Waals surface area contributed by atoms with Crippen molar-refractivity contribution in [3.8, 4) is 11.8 Å². The van der Waals surface area contributed by atoms with Gasteiger partial charge in [0.05, 0.1) is 12.2 Å². The number of nitrogens with two attached hydrogens (primary N) is 1. The van der Waals surface area contributed by atoms with Crippen molar-refractivity contribution >= 4 is 11.8 Å². The number of aliphatic hydroxyl groups excluding tert-OH is 1. The van der Waals surface area contributed by atoms with Gasteiger partial charge in [-0.05, 0) is 18.9 Å². The van der Waals surface area contributed by atoms with Crippen molar-refractivity contribution in [2.24, 2.45) is 5.73 Å². The molecule has 6 heteroatoms. The van der Waals surface area contributed by atoms with Gasteiger partial charge in [-0.3, -0.25) is 14.6 Å². The summed E-state index contributed by atoms with van der Waals surface area (Å²) in [6, 6.07) is 1.09. The van der Waals surface area contributed by atoms with Gasteiger partial charge in [0, 0.05) is 30.9 Å². The van der Waals surface area contributed by atoms with Gasteiger partial charge in [0.2, 0.25) is 5.91 Å². The standard InChI is InChI=1S/C15H17N3O3/c16-14(20)13-5-3-6-18(13)15(21)12-8-11(9-17-10-12)4-1-2-7-19/h8-10,13,19H,2-3,5-7H2,(H2,16,20). The van der Waals surface area contributed by atoms with E-state index in [0.717, 1.165) is 6.42 Å². The number of pyridine rings is 1. The van der Waals surface area contributed by atoms with Crippen LogP contribution in [0.4, 0.5) is 0 Å². The molecule has 1 aromatic heterocycles. The van der Waals surface area contributed by atoms with E-state index in [1.165, 1.54) is 11.1 Å². The van der Waals surface area contributed by atoms with E-state index in [1.54, 1.807) is 12.3 Å². The Morgan fingerprint density at radius 2 is 2.29 bits per heavy atom. The highest BCUT2D eigenvalue weighted by Crippen LogP contribution is 2.19. The van der Waals surface area contributed by atoms with Crippen molar-refractivity contribution in [2.45, 2.75) is 25.3 Å². The molecule has 1 aromatic rings. The maximum absolute atomic E-state index is 12.4. The molecule has 2 heterocycles. The Balaban J connectivity index is 2.18. The number of carbonyl (C=O) groups excluding carboxylic acids is 2. The van der Waals surface area contributed by atoms with Crippen LogP contribution in [-0.2, 0) is 4.79 Å². The molecule has 0 aromatic carbocycles. The van der Waals surface area contributed by atoms with Crippen LogP contribution in [0.15, 0.2) is 18.5 Å². The predicted molar refractivity (Wildman–Crippen MR) is 76.1 cm³/mol. The first kappa shape index (κ1) is 15.0. The van der Waals surface area contributed by atoms with Crippen molar-refractivity contribution in [1.82, 2.24) is 9.88 Å². The Labute approximate surface area is 123 Å². The number of amides is 2. The van der Waals surface area contributed by atoms with Crippen LogP contribution >= 0.6 is 0 Å². The van der Waals surface area contributed by atoms with E-state index in [-0.39, 0.29) is 12.5 Å². The molecule has 1 atom stereocenters. The van der Waals surface area contributed by atoms with E-state index in [1.807, 2.05) is 0 Å². The molecule has 6 nitrogen and oxygen atoms in total. The monoisotopic (exact) mass is 287 g/mol. The lowest BCUT2D eigenvalue weighted by atomic mass is 10.1. The highest BCUT2D eigenvalue weighted by molar-refractivity contribution is 5.97. The minimum atomic E-state index is -0.540. The van der Waals surface area contributed by atoms with Gasteiger partial charge in [-0.1, -0.05) is 11.8 Å². The Bertz CT molecular complexity index is 604. The molecule has 21 heavy (non-hydrogen) atoms. The quantitative estimate of drug-likeness (QED) is 0.759. The lowest BCUT2D eigenvalue weighted by Gasteiger charge is -2.22. The van der Waals surface area contributed by atoms with Crippen molar-refractivity contribution in [3.05, 3.63) is 29.6 Å². The summed E-state index contributed by atoms with van der Waals surface area (Å²) < 4.78 is 0. The fourth-order valence-electron chi connectivity index (χ4n) is 2.32. The van der Waals surface area contributed by atoms with E-state index < -0.39 is 11.9 Å². The predicted octanol–water partition coefficient (Wildman–Crippen LogP) is -0.0946. The molecular formula is C15H17N3O3. The van der Waals surface area contributed by atoms with Crippen molar-refractivity contribution in [2.75, 3.05) is 13.2 Å². The number of primary amides is 1. The van der Waals surface area contributed by atoms with Gasteiger partial charge in [-0.15, -0.1) is 0 Å². The highest BCUT2D eigenvalue weighted by atomic mass is 16.2. The van der Waals surface area contributed by atoms with E-state index in [0.29, 0.717) is 30.5 Å². The Kier molecular flexibility index (Phi) is 4.90. The largest absolute Gasteiger partial charge is 0.395 e. The van der Waals surface area contributed by atoms with E-state index in [9.17, 15) is 9.59 Å². The van der Waals surface area contributed by atoms with Crippen LogP contribution in [-0.4, -0.2) is 46.0 Å². The van der Waals surface area contributed by atoms with E-state index in [2.05, 4.69) is 16.8 Å². The Morgan fingerprint density at radius 1 is 1.48 bits per heavy atom. The molecule has 1 saturated heterocycles. The molecule has 1 aliphatic rings. The van der Waals surface area contributed by atoms with Crippen LogP contribution in [0.5, 0.6) is 0 Å². The minimum absolute atomic E-state index is 0.00683. The molecule has 110 valence electrons. The minimum Gasteiger partial charge on any atom is -0.395 e. The first-order valence-electron chi connectivity index (χ1n) is 6.78. The number of rotatable bonds is 3. The van der Waals surface area contributed by atoms with Crippen LogP contribution in [0.25, 0.3) is 0 Å². The van der Waals surface area contributed by atoms with Gasteiger partial charge in [0.25, 0.3) is 5.91 Å². The summed E-state index contributed by atoms with van der Waals surface area (Å²) >= 11 is 0. The summed E-state index contributed by atoms with van der Waals surface area (Å²) in [5.41, 5.74) is 6.31. The van der Waals surface area contributed by atoms with Gasteiger partial charge in [0.1, 0.15) is 6.04 Å². The zero-order chi connectivity index (χ0) is 15.2. The molecule has 1 fully saturated rings. The van der Waals surface area contributed by atoms with Gasteiger partial charge < -0.3 is 15.7 Å². The van der Waals surface area contributed by atoms with Crippen LogP contribution in [0.1, 0.15) is 35.2 Å². The molecule has 1 aliphatic heterocycles. The van der Waals surface area contributed by atoms with Crippen molar-refractivity contribution in [3.63, 3.8) is 0 Å². The van der Waals surface area contributed by atoms with Gasteiger partial charge in [-0.2, -0.15) is 0 Å². The van der Waals surface area contributed by atoms with Crippen LogP contribution in [0, 0.1) is 11.8 Å². The number of aliphatic hydroxyl groups is 1. The average molecular weight is 287 g/mol. The fourth-order valence-corrected chi connectivity index (χ4v) is 2.32. The molecule has 0 bridgehead atoms. The number of likely N-dealkylation sites (tertiary alicyclic amines) is 1. The smallest absolute Gasteiger partial charge is 0.256 e. The van der Waals surface area contributed by atoms with Crippen molar-refractivity contribution < 1.29 is 14.7 Å². The molecule has 2 amide bonds.